The van der Waals surface area contributed by atoms with Crippen LogP contribution in [0.1, 0.15) is 63.4 Å². The predicted octanol–water partition coefficient (Wildman–Crippen LogP) is 4.75. The molecule has 4 heteroatoms. The number of carbonyl (C=O) groups is 1. The standard InChI is InChI=1S/C25H33NO3/c27-24(29-15-16-4-2-1-3-5-16)26-21-6-7-22(26)14-25(28,13-21)23-19-9-17-8-18(11-19)12-20(23)10-17/h1-5,17-23,28H,6-15H2. The number of amides is 1. The number of rotatable bonds is 3. The Balaban J connectivity index is 1.16. The van der Waals surface area contributed by atoms with Crippen molar-refractivity contribution in [3.63, 3.8) is 0 Å². The van der Waals surface area contributed by atoms with Crippen molar-refractivity contribution in [1.29, 1.82) is 0 Å². The minimum absolute atomic E-state index is 0.152. The lowest BCUT2D eigenvalue weighted by molar-refractivity contribution is -0.170. The van der Waals surface area contributed by atoms with E-state index in [1.807, 2.05) is 35.2 Å². The third kappa shape index (κ3) is 3.01. The molecule has 1 amide bonds. The van der Waals surface area contributed by atoms with Gasteiger partial charge in [-0.05, 0) is 92.9 Å². The fraction of sp³-hybridized carbons (Fsp3) is 0.720. The number of hydrogen-bond acceptors (Lipinski definition) is 3. The van der Waals surface area contributed by atoms with E-state index in [4.69, 9.17) is 4.74 Å². The highest BCUT2D eigenvalue weighted by Crippen LogP contribution is 2.61. The van der Waals surface area contributed by atoms with E-state index in [1.165, 1.54) is 32.1 Å². The molecule has 7 rings (SSSR count). The van der Waals surface area contributed by atoms with E-state index in [0.717, 1.165) is 54.9 Å². The fourth-order valence-corrected chi connectivity index (χ4v) is 8.43. The number of benzene rings is 1. The van der Waals surface area contributed by atoms with Gasteiger partial charge in [0.05, 0.1) is 5.60 Å². The summed E-state index contributed by atoms with van der Waals surface area (Å²) < 4.78 is 5.66. The number of fused-ring (bicyclic) bond motifs is 2. The second-order valence-corrected chi connectivity index (χ2v) is 10.8. The second kappa shape index (κ2) is 6.73. The number of hydrogen-bond donors (Lipinski definition) is 1. The van der Waals surface area contributed by atoms with Gasteiger partial charge in [-0.25, -0.2) is 4.79 Å². The maximum absolute atomic E-state index is 12.9. The molecule has 2 heterocycles. The number of nitrogens with zero attached hydrogens (tertiary/aromatic N) is 1. The average Bonchev–Trinajstić information content (AvgIpc) is 2.98. The van der Waals surface area contributed by atoms with Crippen molar-refractivity contribution < 1.29 is 14.6 Å². The summed E-state index contributed by atoms with van der Waals surface area (Å²) in [6.45, 7) is 0.329. The lowest BCUT2D eigenvalue weighted by Gasteiger charge is -2.60. The Morgan fingerprint density at radius 1 is 0.966 bits per heavy atom. The Bertz CT molecular complexity index is 736. The van der Waals surface area contributed by atoms with Gasteiger partial charge < -0.3 is 14.7 Å². The molecule has 2 aliphatic heterocycles. The first kappa shape index (κ1) is 18.2. The summed E-state index contributed by atoms with van der Waals surface area (Å²) in [5.41, 5.74) is 0.459. The minimum Gasteiger partial charge on any atom is -0.445 e. The third-order valence-electron chi connectivity index (χ3n) is 9.06. The SMILES string of the molecule is O=C(OCc1ccccc1)N1C2CCC1CC(O)(C1C3CC4CC(C3)CC1C4)C2. The summed E-state index contributed by atoms with van der Waals surface area (Å²) >= 11 is 0. The second-order valence-electron chi connectivity index (χ2n) is 10.8. The number of piperidine rings is 1. The van der Waals surface area contributed by atoms with E-state index in [9.17, 15) is 9.90 Å². The molecule has 1 aromatic carbocycles. The van der Waals surface area contributed by atoms with Crippen molar-refractivity contribution in [2.24, 2.45) is 29.6 Å². The molecule has 6 bridgehead atoms. The molecule has 156 valence electrons. The molecular weight excluding hydrogens is 362 g/mol. The molecule has 6 aliphatic rings. The summed E-state index contributed by atoms with van der Waals surface area (Å²) in [5, 5.41) is 11.9. The van der Waals surface area contributed by atoms with Crippen LogP contribution in [0.25, 0.3) is 0 Å². The quantitative estimate of drug-likeness (QED) is 0.803. The molecule has 1 N–H and O–H groups in total. The summed E-state index contributed by atoms with van der Waals surface area (Å²) in [6, 6.07) is 10.2. The van der Waals surface area contributed by atoms with Crippen LogP contribution in [-0.4, -0.2) is 33.8 Å². The Kier molecular flexibility index (Phi) is 4.23. The highest BCUT2D eigenvalue weighted by molar-refractivity contribution is 5.69. The van der Waals surface area contributed by atoms with Crippen LogP contribution in [0, 0.1) is 29.6 Å². The van der Waals surface area contributed by atoms with Crippen molar-refractivity contribution >= 4 is 6.09 Å². The average molecular weight is 396 g/mol. The van der Waals surface area contributed by atoms with Crippen LogP contribution in [-0.2, 0) is 11.3 Å². The normalized spacial score (nSPS) is 44.9. The molecule has 2 unspecified atom stereocenters. The zero-order chi connectivity index (χ0) is 19.6. The lowest BCUT2D eigenvalue weighted by Crippen LogP contribution is -2.61. The topological polar surface area (TPSA) is 49.8 Å². The first-order chi connectivity index (χ1) is 14.1. The van der Waals surface area contributed by atoms with Crippen molar-refractivity contribution in [2.45, 2.75) is 82.1 Å². The van der Waals surface area contributed by atoms with Crippen LogP contribution in [0.2, 0.25) is 0 Å². The molecule has 29 heavy (non-hydrogen) atoms. The van der Waals surface area contributed by atoms with Crippen LogP contribution in [0.5, 0.6) is 0 Å². The zero-order valence-electron chi connectivity index (χ0n) is 17.2. The van der Waals surface area contributed by atoms with Crippen LogP contribution in [0.15, 0.2) is 30.3 Å². The van der Waals surface area contributed by atoms with Gasteiger partial charge in [0.2, 0.25) is 0 Å². The minimum atomic E-state index is -0.565. The van der Waals surface area contributed by atoms with E-state index < -0.39 is 5.60 Å². The molecule has 4 aliphatic carbocycles. The largest absolute Gasteiger partial charge is 0.445 e. The van der Waals surface area contributed by atoms with Crippen LogP contribution in [0.3, 0.4) is 0 Å². The first-order valence-corrected chi connectivity index (χ1v) is 11.8. The Morgan fingerprint density at radius 2 is 1.55 bits per heavy atom. The smallest absolute Gasteiger partial charge is 0.410 e. The van der Waals surface area contributed by atoms with Gasteiger partial charge in [0, 0.05) is 12.1 Å². The molecule has 1 aromatic rings. The van der Waals surface area contributed by atoms with E-state index in [0.29, 0.717) is 12.5 Å². The van der Waals surface area contributed by atoms with E-state index in [2.05, 4.69) is 0 Å². The van der Waals surface area contributed by atoms with Crippen LogP contribution >= 0.6 is 0 Å². The van der Waals surface area contributed by atoms with Gasteiger partial charge in [0.25, 0.3) is 0 Å². The van der Waals surface area contributed by atoms with Crippen molar-refractivity contribution in [3.05, 3.63) is 35.9 Å². The van der Waals surface area contributed by atoms with E-state index in [1.54, 1.807) is 0 Å². The van der Waals surface area contributed by atoms with Crippen molar-refractivity contribution in [3.8, 4) is 0 Å². The molecule has 0 spiro atoms. The Labute approximate surface area is 173 Å². The van der Waals surface area contributed by atoms with Crippen molar-refractivity contribution in [2.75, 3.05) is 0 Å². The first-order valence-electron chi connectivity index (χ1n) is 11.8. The molecule has 4 saturated carbocycles. The molecular formula is C25H33NO3. The number of ether oxygens (including phenoxy) is 1. The van der Waals surface area contributed by atoms with Crippen LogP contribution < -0.4 is 0 Å². The van der Waals surface area contributed by atoms with E-state index in [-0.39, 0.29) is 18.2 Å². The summed E-state index contributed by atoms with van der Waals surface area (Å²) in [7, 11) is 0. The third-order valence-corrected chi connectivity index (χ3v) is 9.06. The maximum atomic E-state index is 12.9. The van der Waals surface area contributed by atoms with Gasteiger partial charge in [-0.15, -0.1) is 0 Å². The van der Waals surface area contributed by atoms with Gasteiger partial charge in [-0.3, -0.25) is 0 Å². The zero-order valence-corrected chi connectivity index (χ0v) is 17.2. The Morgan fingerprint density at radius 3 is 2.14 bits per heavy atom. The molecule has 0 aromatic heterocycles. The maximum Gasteiger partial charge on any atom is 0.410 e. The lowest BCUT2D eigenvalue weighted by atomic mass is 9.47. The number of aliphatic hydroxyl groups is 1. The Hall–Kier alpha value is -1.55. The highest BCUT2D eigenvalue weighted by atomic mass is 16.6. The van der Waals surface area contributed by atoms with Crippen molar-refractivity contribution in [1.82, 2.24) is 4.90 Å². The van der Waals surface area contributed by atoms with Gasteiger partial charge in [-0.2, -0.15) is 0 Å². The molecule has 6 fully saturated rings. The summed E-state index contributed by atoms with van der Waals surface area (Å²) in [5.74, 6) is 3.80. The molecule has 2 saturated heterocycles. The summed E-state index contributed by atoms with van der Waals surface area (Å²) in [4.78, 5) is 14.9. The van der Waals surface area contributed by atoms with Gasteiger partial charge in [0.15, 0.2) is 0 Å². The fourth-order valence-electron chi connectivity index (χ4n) is 8.43. The molecule has 0 radical (unpaired) electrons. The number of carbonyl (C=O) groups excluding carboxylic acids is 1. The van der Waals surface area contributed by atoms with Gasteiger partial charge in [0.1, 0.15) is 6.61 Å². The monoisotopic (exact) mass is 395 g/mol. The predicted molar refractivity (Wildman–Crippen MR) is 110 cm³/mol. The van der Waals surface area contributed by atoms with E-state index >= 15 is 0 Å². The molecule has 2 atom stereocenters. The van der Waals surface area contributed by atoms with Gasteiger partial charge >= 0.3 is 6.09 Å². The highest BCUT2D eigenvalue weighted by Gasteiger charge is 2.59. The van der Waals surface area contributed by atoms with Gasteiger partial charge in [-0.1, -0.05) is 30.3 Å². The summed E-state index contributed by atoms with van der Waals surface area (Å²) in [6.07, 6.45) is 10.2. The van der Waals surface area contributed by atoms with Crippen LogP contribution in [0.4, 0.5) is 4.79 Å². The molecule has 4 nitrogen and oxygen atoms in total.